The number of hydrogen-bond donors (Lipinski definition) is 1. The summed E-state index contributed by atoms with van der Waals surface area (Å²) >= 11 is 1.17. The highest BCUT2D eigenvalue weighted by molar-refractivity contribution is 7.22. The molecule has 2 atom stereocenters. The molecule has 10 nitrogen and oxygen atoms in total. The first-order chi connectivity index (χ1) is 18.7. The van der Waals surface area contributed by atoms with Crippen molar-refractivity contribution in [2.75, 3.05) is 12.0 Å². The van der Waals surface area contributed by atoms with Gasteiger partial charge in [0.25, 0.3) is 11.5 Å². The SMILES string of the molecule is COc1ccc2nc(N3C(=O)C(=O)C(=C(O)c4ccc5c(c4)C[C@@H](C)O5)[C@@H]3c3cccc([N+](=O)[O-])c3)sc2c1. The Balaban J connectivity index is 1.55. The van der Waals surface area contributed by atoms with Gasteiger partial charge in [0, 0.05) is 24.1 Å². The number of ketones is 1. The highest BCUT2D eigenvalue weighted by Gasteiger charge is 2.48. The molecule has 1 aromatic heterocycles. The van der Waals surface area contributed by atoms with Gasteiger partial charge in [-0.2, -0.15) is 0 Å². The zero-order valence-corrected chi connectivity index (χ0v) is 21.6. The third-order valence-electron chi connectivity index (χ3n) is 6.80. The lowest BCUT2D eigenvalue weighted by molar-refractivity contribution is -0.384. The maximum absolute atomic E-state index is 13.5. The third-order valence-corrected chi connectivity index (χ3v) is 7.82. The van der Waals surface area contributed by atoms with E-state index < -0.39 is 22.7 Å². The first kappa shape index (κ1) is 24.6. The predicted molar refractivity (Wildman–Crippen MR) is 144 cm³/mol. The summed E-state index contributed by atoms with van der Waals surface area (Å²) in [6, 6.07) is 14.8. The number of hydrogen-bond acceptors (Lipinski definition) is 9. The molecule has 0 bridgehead atoms. The van der Waals surface area contributed by atoms with Gasteiger partial charge in [0.05, 0.1) is 33.9 Å². The molecule has 3 aromatic carbocycles. The molecule has 2 aliphatic heterocycles. The number of aromatic nitrogens is 1. The van der Waals surface area contributed by atoms with E-state index in [1.54, 1.807) is 42.5 Å². The van der Waals surface area contributed by atoms with Crippen LogP contribution in [0.15, 0.2) is 66.2 Å². The van der Waals surface area contributed by atoms with Crippen molar-refractivity contribution in [3.8, 4) is 11.5 Å². The Bertz CT molecular complexity index is 1730. The monoisotopic (exact) mass is 543 g/mol. The number of nitrogens with zero attached hydrogens (tertiary/aromatic N) is 3. The van der Waals surface area contributed by atoms with Crippen LogP contribution >= 0.6 is 11.3 Å². The number of methoxy groups -OCH3 is 1. The van der Waals surface area contributed by atoms with Crippen LogP contribution in [-0.4, -0.2) is 39.9 Å². The summed E-state index contributed by atoms with van der Waals surface area (Å²) in [5.41, 5.74) is 1.70. The van der Waals surface area contributed by atoms with E-state index >= 15 is 0 Å². The molecule has 0 radical (unpaired) electrons. The van der Waals surface area contributed by atoms with Gasteiger partial charge in [-0.15, -0.1) is 0 Å². The number of aliphatic hydroxyl groups is 1. The quantitative estimate of drug-likeness (QED) is 0.120. The number of amides is 1. The van der Waals surface area contributed by atoms with Crippen LogP contribution in [0.3, 0.4) is 0 Å². The fourth-order valence-electron chi connectivity index (χ4n) is 5.00. The molecule has 4 aromatic rings. The molecule has 11 heteroatoms. The Hall–Kier alpha value is -4.77. The molecule has 0 aliphatic carbocycles. The molecule has 1 saturated heterocycles. The minimum Gasteiger partial charge on any atom is -0.507 e. The molecule has 6 rings (SSSR count). The Morgan fingerprint density at radius 1 is 1.18 bits per heavy atom. The molecule has 1 N–H and O–H groups in total. The highest BCUT2D eigenvalue weighted by atomic mass is 32.1. The molecule has 0 saturated carbocycles. The molecule has 1 amide bonds. The fraction of sp³-hybridized carbons (Fsp3) is 0.179. The molecule has 39 heavy (non-hydrogen) atoms. The normalized spacial score (nSPS) is 19.8. The summed E-state index contributed by atoms with van der Waals surface area (Å²) < 4.78 is 11.8. The number of aliphatic hydroxyl groups excluding tert-OH is 1. The van der Waals surface area contributed by atoms with Crippen molar-refractivity contribution in [3.63, 3.8) is 0 Å². The molecule has 2 aliphatic rings. The number of anilines is 1. The number of ether oxygens (including phenoxy) is 2. The van der Waals surface area contributed by atoms with E-state index in [9.17, 15) is 24.8 Å². The summed E-state index contributed by atoms with van der Waals surface area (Å²) in [6.45, 7) is 1.93. The average molecular weight is 544 g/mol. The largest absolute Gasteiger partial charge is 0.507 e. The maximum Gasteiger partial charge on any atom is 0.301 e. The van der Waals surface area contributed by atoms with Crippen LogP contribution in [0.5, 0.6) is 11.5 Å². The first-order valence-corrected chi connectivity index (χ1v) is 12.9. The van der Waals surface area contributed by atoms with E-state index in [1.807, 2.05) is 6.92 Å². The summed E-state index contributed by atoms with van der Waals surface area (Å²) in [5, 5.41) is 23.2. The van der Waals surface area contributed by atoms with Gasteiger partial charge in [-0.1, -0.05) is 23.5 Å². The van der Waals surface area contributed by atoms with E-state index in [-0.39, 0.29) is 28.3 Å². The van der Waals surface area contributed by atoms with Crippen LogP contribution in [0.1, 0.15) is 29.7 Å². The number of rotatable bonds is 5. The average Bonchev–Trinajstić information content (AvgIpc) is 3.59. The number of benzene rings is 3. The van der Waals surface area contributed by atoms with Crippen LogP contribution in [0, 0.1) is 10.1 Å². The van der Waals surface area contributed by atoms with Gasteiger partial charge in [-0.25, -0.2) is 4.98 Å². The van der Waals surface area contributed by atoms with Crippen molar-refractivity contribution in [1.29, 1.82) is 0 Å². The number of nitro benzene ring substituents is 1. The van der Waals surface area contributed by atoms with Gasteiger partial charge in [0.15, 0.2) is 5.13 Å². The number of nitro groups is 1. The minimum atomic E-state index is -1.14. The van der Waals surface area contributed by atoms with Gasteiger partial charge in [0.2, 0.25) is 0 Å². The second-order valence-electron chi connectivity index (χ2n) is 9.31. The molecular formula is C28H21N3O7S. The lowest BCUT2D eigenvalue weighted by atomic mass is 9.94. The molecule has 196 valence electrons. The summed E-state index contributed by atoms with van der Waals surface area (Å²) in [7, 11) is 1.54. The van der Waals surface area contributed by atoms with Crippen LogP contribution in [0.4, 0.5) is 10.8 Å². The van der Waals surface area contributed by atoms with E-state index in [0.717, 1.165) is 10.3 Å². The highest BCUT2D eigenvalue weighted by Crippen LogP contribution is 2.45. The zero-order chi connectivity index (χ0) is 27.4. The minimum absolute atomic E-state index is 0.0227. The Labute approximate surface area is 225 Å². The van der Waals surface area contributed by atoms with E-state index in [2.05, 4.69) is 4.98 Å². The van der Waals surface area contributed by atoms with Gasteiger partial charge in [-0.05, 0) is 54.4 Å². The fourth-order valence-corrected chi connectivity index (χ4v) is 6.02. The van der Waals surface area contributed by atoms with Gasteiger partial charge >= 0.3 is 5.91 Å². The molecule has 3 heterocycles. The third kappa shape index (κ3) is 4.07. The van der Waals surface area contributed by atoms with Gasteiger partial charge in [-0.3, -0.25) is 24.6 Å². The lowest BCUT2D eigenvalue weighted by Crippen LogP contribution is -2.29. The van der Waals surface area contributed by atoms with Crippen molar-refractivity contribution >= 4 is 49.8 Å². The Morgan fingerprint density at radius 2 is 2.00 bits per heavy atom. The number of carbonyl (C=O) groups is 2. The molecule has 0 spiro atoms. The van der Waals surface area contributed by atoms with Crippen LogP contribution in [0.25, 0.3) is 16.0 Å². The first-order valence-electron chi connectivity index (χ1n) is 12.0. The van der Waals surface area contributed by atoms with Crippen molar-refractivity contribution < 1.29 is 29.1 Å². The standard InChI is InChI=1S/C28H21N3O7S/c1-14-10-17-11-16(6-9-21(17)38-14)25(32)23-24(15-4-3-5-18(12-15)31(35)36)30(27(34)26(23)33)28-29-20-8-7-19(37-2)13-22(20)39-28/h3-9,11-14,24,32H,10H2,1-2H3/t14-,24+/m1/s1. The predicted octanol–water partition coefficient (Wildman–Crippen LogP) is 5.16. The number of carbonyl (C=O) groups excluding carboxylic acids is 2. The van der Waals surface area contributed by atoms with Crippen molar-refractivity contribution in [1.82, 2.24) is 4.98 Å². The Morgan fingerprint density at radius 3 is 2.77 bits per heavy atom. The number of fused-ring (bicyclic) bond motifs is 2. The van der Waals surface area contributed by atoms with E-state index in [1.165, 1.54) is 41.5 Å². The van der Waals surface area contributed by atoms with E-state index in [0.29, 0.717) is 34.6 Å². The van der Waals surface area contributed by atoms with Crippen LogP contribution in [0.2, 0.25) is 0 Å². The molecule has 0 unspecified atom stereocenters. The van der Waals surface area contributed by atoms with Crippen LogP contribution < -0.4 is 14.4 Å². The van der Waals surface area contributed by atoms with Crippen molar-refractivity contribution in [2.45, 2.75) is 25.5 Å². The topological polar surface area (TPSA) is 132 Å². The number of thiazole rings is 1. The van der Waals surface area contributed by atoms with Gasteiger partial charge < -0.3 is 14.6 Å². The Kier molecular flexibility index (Phi) is 5.80. The summed E-state index contributed by atoms with van der Waals surface area (Å²) in [5.74, 6) is -0.884. The van der Waals surface area contributed by atoms with Crippen molar-refractivity contribution in [2.24, 2.45) is 0 Å². The summed E-state index contributed by atoms with van der Waals surface area (Å²) in [4.78, 5) is 43.8. The second-order valence-corrected chi connectivity index (χ2v) is 10.3. The lowest BCUT2D eigenvalue weighted by Gasteiger charge is -2.22. The van der Waals surface area contributed by atoms with Gasteiger partial charge in [0.1, 0.15) is 23.4 Å². The van der Waals surface area contributed by atoms with E-state index in [4.69, 9.17) is 9.47 Å². The second kappa shape index (κ2) is 9.21. The maximum atomic E-state index is 13.5. The molecular weight excluding hydrogens is 522 g/mol. The number of non-ortho nitro benzene ring substituents is 1. The zero-order valence-electron chi connectivity index (χ0n) is 20.8. The molecule has 1 fully saturated rings. The summed E-state index contributed by atoms with van der Waals surface area (Å²) in [6.07, 6.45) is 0.611. The van der Waals surface area contributed by atoms with Crippen molar-refractivity contribution in [3.05, 3.63) is 93.0 Å². The smallest absolute Gasteiger partial charge is 0.301 e. The number of Topliss-reactive ketones (excluding diaryl/α,β-unsaturated/α-hetero) is 1. The van der Waals surface area contributed by atoms with Crippen LogP contribution in [-0.2, 0) is 16.0 Å².